The molecule has 0 saturated carbocycles. The highest BCUT2D eigenvalue weighted by Crippen LogP contribution is 2.44. The van der Waals surface area contributed by atoms with Gasteiger partial charge in [0.05, 0.1) is 11.1 Å². The van der Waals surface area contributed by atoms with Crippen LogP contribution in [0.1, 0.15) is 26.9 Å². The van der Waals surface area contributed by atoms with Gasteiger partial charge in [-0.15, -0.1) is 0 Å². The lowest BCUT2D eigenvalue weighted by atomic mass is 10.1. The van der Waals surface area contributed by atoms with Crippen molar-refractivity contribution >= 4 is 17.8 Å². The minimum absolute atomic E-state index is 0.239. The summed E-state index contributed by atoms with van der Waals surface area (Å²) in [6, 6.07) is 9.57. The molecule has 2 N–H and O–H groups in total. The maximum Gasteiger partial charge on any atom is 0.373 e. The smallest absolute Gasteiger partial charge is 0.373 e. The van der Waals surface area contributed by atoms with Crippen molar-refractivity contribution in [3.63, 3.8) is 0 Å². The molecule has 11 nitrogen and oxygen atoms in total. The van der Waals surface area contributed by atoms with Crippen molar-refractivity contribution in [1.29, 1.82) is 0 Å². The van der Waals surface area contributed by atoms with Gasteiger partial charge in [-0.3, -0.25) is 14.3 Å². The largest absolute Gasteiger partial charge is 0.383 e. The highest BCUT2D eigenvalue weighted by Gasteiger charge is 2.62. The van der Waals surface area contributed by atoms with Gasteiger partial charge in [-0.25, -0.2) is 23.2 Å². The first-order chi connectivity index (χ1) is 18.1. The second-order valence-corrected chi connectivity index (χ2v) is 7.81. The van der Waals surface area contributed by atoms with Crippen LogP contribution in [-0.2, 0) is 24.3 Å². The lowest BCUT2D eigenvalue weighted by Gasteiger charge is -2.22. The number of hydrogen-bond donors (Lipinski definition) is 1. The number of anilines is 1. The Kier molecular flexibility index (Phi) is 7.70. The average Bonchev–Trinajstić information content (AvgIpc) is 3.11. The van der Waals surface area contributed by atoms with Crippen LogP contribution in [0.2, 0.25) is 0 Å². The molecule has 2 aromatic carbocycles. The number of aromatic nitrogens is 2. The van der Waals surface area contributed by atoms with Gasteiger partial charge in [-0.1, -0.05) is 12.1 Å². The number of nitrogen functional groups attached to an aromatic ring is 1. The van der Waals surface area contributed by atoms with Crippen LogP contribution in [0.25, 0.3) is 0 Å². The molecule has 1 aliphatic rings. The summed E-state index contributed by atoms with van der Waals surface area (Å²) >= 11 is 0. The molecular weight excluding hydrogens is 522 g/mol. The van der Waals surface area contributed by atoms with E-state index in [9.17, 15) is 23.2 Å². The molecule has 2 heterocycles. The molecule has 0 radical (unpaired) electrons. The molecule has 0 aliphatic carbocycles. The summed E-state index contributed by atoms with van der Waals surface area (Å²) in [5, 5.41) is 0. The van der Waals surface area contributed by atoms with Crippen LogP contribution in [0.4, 0.5) is 23.4 Å². The van der Waals surface area contributed by atoms with Crippen LogP contribution in [0.5, 0.6) is 0 Å². The highest BCUT2D eigenvalue weighted by atomic mass is 19.3. The van der Waals surface area contributed by atoms with E-state index in [0.29, 0.717) is 4.57 Å². The first-order valence-corrected chi connectivity index (χ1v) is 10.7. The molecule has 0 amide bonds. The van der Waals surface area contributed by atoms with Gasteiger partial charge in [0.25, 0.3) is 0 Å². The zero-order chi connectivity index (χ0) is 27.4. The van der Waals surface area contributed by atoms with E-state index >= 15 is 8.78 Å². The van der Waals surface area contributed by atoms with Gasteiger partial charge < -0.3 is 10.5 Å². The number of rotatable bonds is 8. The highest BCUT2D eigenvalue weighted by molar-refractivity contribution is 5.89. The predicted octanol–water partition coefficient (Wildman–Crippen LogP) is 2.58. The molecule has 1 unspecified atom stereocenters. The quantitative estimate of drug-likeness (QED) is 0.258. The molecule has 1 saturated heterocycles. The molecular formula is C23H17F4N3O8. The van der Waals surface area contributed by atoms with Crippen molar-refractivity contribution in [3.8, 4) is 0 Å². The Hall–Kier alpha value is -4.34. The van der Waals surface area contributed by atoms with E-state index in [2.05, 4.69) is 19.6 Å². The number of nitrogens with zero attached hydrogens (tertiary/aromatic N) is 2. The third kappa shape index (κ3) is 5.80. The second-order valence-electron chi connectivity index (χ2n) is 7.81. The van der Waals surface area contributed by atoms with Crippen LogP contribution >= 0.6 is 0 Å². The molecule has 0 spiro atoms. The Morgan fingerprint density at radius 1 is 1.00 bits per heavy atom. The molecule has 3 aromatic rings. The Morgan fingerprint density at radius 2 is 1.61 bits per heavy atom. The summed E-state index contributed by atoms with van der Waals surface area (Å²) in [5.74, 6) is -8.31. The zero-order valence-electron chi connectivity index (χ0n) is 19.0. The summed E-state index contributed by atoms with van der Waals surface area (Å²) in [5.41, 5.74) is 3.62. The first-order valence-electron chi connectivity index (χ1n) is 10.7. The lowest BCUT2D eigenvalue weighted by Crippen LogP contribution is -2.44. The average molecular weight is 539 g/mol. The van der Waals surface area contributed by atoms with Gasteiger partial charge in [0, 0.05) is 6.20 Å². The summed E-state index contributed by atoms with van der Waals surface area (Å²) in [4.78, 5) is 58.2. The molecule has 200 valence electrons. The fourth-order valence-electron chi connectivity index (χ4n) is 3.40. The SMILES string of the molecule is Nc1ccn([C@@H]2O[C@H](COOC(=O)c3cccc(F)c3)C(OOC(=O)c3cccc(F)c3)C2(F)F)c(=O)n1. The van der Waals surface area contributed by atoms with E-state index in [-0.39, 0.29) is 16.9 Å². The van der Waals surface area contributed by atoms with Crippen LogP contribution < -0.4 is 11.4 Å². The lowest BCUT2D eigenvalue weighted by molar-refractivity contribution is -0.326. The summed E-state index contributed by atoms with van der Waals surface area (Å²) in [7, 11) is 0. The number of benzene rings is 2. The van der Waals surface area contributed by atoms with E-state index in [1.54, 1.807) is 0 Å². The van der Waals surface area contributed by atoms with Crippen LogP contribution in [0.15, 0.2) is 65.6 Å². The summed E-state index contributed by atoms with van der Waals surface area (Å²) in [6.45, 7) is -0.910. The maximum atomic E-state index is 15.4. The maximum absolute atomic E-state index is 15.4. The Bertz CT molecular complexity index is 1400. The van der Waals surface area contributed by atoms with Gasteiger partial charge in [-0.2, -0.15) is 23.5 Å². The molecule has 3 atom stereocenters. The van der Waals surface area contributed by atoms with E-state index in [0.717, 1.165) is 42.6 Å². The summed E-state index contributed by atoms with van der Waals surface area (Å²) in [6.07, 6.45) is -5.66. The Balaban J connectivity index is 1.51. The van der Waals surface area contributed by atoms with Gasteiger partial charge >= 0.3 is 23.6 Å². The predicted molar refractivity (Wildman–Crippen MR) is 116 cm³/mol. The van der Waals surface area contributed by atoms with Crippen molar-refractivity contribution in [2.45, 2.75) is 24.4 Å². The molecule has 1 aromatic heterocycles. The number of halogens is 4. The van der Waals surface area contributed by atoms with Gasteiger partial charge in [0.15, 0.2) is 0 Å². The van der Waals surface area contributed by atoms with E-state index in [1.807, 2.05) is 0 Å². The zero-order valence-corrected chi connectivity index (χ0v) is 19.0. The van der Waals surface area contributed by atoms with Crippen molar-refractivity contribution in [2.75, 3.05) is 12.3 Å². The topological polar surface area (TPSA) is 141 Å². The number of nitrogens with two attached hydrogens (primary N) is 1. The molecule has 38 heavy (non-hydrogen) atoms. The van der Waals surface area contributed by atoms with Crippen molar-refractivity contribution in [1.82, 2.24) is 9.55 Å². The normalized spacial score (nSPS) is 20.2. The van der Waals surface area contributed by atoms with Crippen molar-refractivity contribution in [2.24, 2.45) is 0 Å². The van der Waals surface area contributed by atoms with E-state index in [1.165, 1.54) is 18.2 Å². The minimum Gasteiger partial charge on any atom is -0.383 e. The Labute approximate surface area is 210 Å². The number of carbonyl (C=O) groups is 2. The van der Waals surface area contributed by atoms with Gasteiger partial charge in [0.1, 0.15) is 30.2 Å². The number of hydrogen-bond acceptors (Lipinski definition) is 10. The van der Waals surface area contributed by atoms with Gasteiger partial charge in [0.2, 0.25) is 12.3 Å². The minimum atomic E-state index is -4.07. The van der Waals surface area contributed by atoms with E-state index < -0.39 is 60.2 Å². The molecule has 1 fully saturated rings. The molecule has 4 rings (SSSR count). The Morgan fingerprint density at radius 3 is 2.18 bits per heavy atom. The molecule has 1 aliphatic heterocycles. The first kappa shape index (κ1) is 26.7. The van der Waals surface area contributed by atoms with Crippen molar-refractivity contribution in [3.05, 3.63) is 94.0 Å². The number of alkyl halides is 2. The standard InChI is InChI=1S/C23H17F4N3O8/c24-14-5-1-3-12(9-14)19(31)37-34-11-16-18(36-38-20(32)13-4-2-6-15(25)10-13)23(26,27)21(35-16)30-8-7-17(28)29-22(30)33/h1-10,16,18,21H,11H2,(H2,28,29,33)/t16-,18?,21-/m1/s1. The van der Waals surface area contributed by atoms with E-state index in [4.69, 9.17) is 15.4 Å². The van der Waals surface area contributed by atoms with Crippen molar-refractivity contribution < 1.29 is 51.4 Å². The fourth-order valence-corrected chi connectivity index (χ4v) is 3.40. The third-order valence-corrected chi connectivity index (χ3v) is 5.17. The fraction of sp³-hybridized carbons (Fsp3) is 0.217. The number of ether oxygens (including phenoxy) is 1. The number of carbonyl (C=O) groups excluding carboxylic acids is 2. The van der Waals surface area contributed by atoms with Gasteiger partial charge in [-0.05, 0) is 42.5 Å². The monoisotopic (exact) mass is 539 g/mol. The molecule has 15 heteroatoms. The van der Waals surface area contributed by atoms with Crippen LogP contribution in [0, 0.1) is 11.6 Å². The third-order valence-electron chi connectivity index (χ3n) is 5.17. The molecule has 0 bridgehead atoms. The second kappa shape index (κ2) is 11.0. The van der Waals surface area contributed by atoms with Crippen LogP contribution in [-0.4, -0.2) is 46.2 Å². The summed E-state index contributed by atoms with van der Waals surface area (Å²) < 4.78 is 63.1. The van der Waals surface area contributed by atoms with Crippen LogP contribution in [0.3, 0.4) is 0 Å².